The first-order valence-electron chi connectivity index (χ1n) is 8.41. The van der Waals surface area contributed by atoms with Crippen LogP contribution in [0.2, 0.25) is 0 Å². The quantitative estimate of drug-likeness (QED) is 0.699. The Balaban J connectivity index is 1.52. The normalized spacial score (nSPS) is 10.9. The Morgan fingerprint density at radius 3 is 2.39 bits per heavy atom. The van der Waals surface area contributed by atoms with Crippen LogP contribution in [0.25, 0.3) is 0 Å². The average Bonchev–Trinajstić information content (AvgIpc) is 2.52. The van der Waals surface area contributed by atoms with Gasteiger partial charge >= 0.3 is 0 Å². The molecule has 2 aromatic heterocycles. The number of nitrogens with one attached hydrogen (secondary N) is 2. The molecule has 2 rings (SSSR count). The zero-order chi connectivity index (χ0) is 16.5. The van der Waals surface area contributed by atoms with Crippen LogP contribution < -0.4 is 10.6 Å². The lowest BCUT2D eigenvalue weighted by Gasteiger charge is -2.08. The van der Waals surface area contributed by atoms with Crippen LogP contribution in [0.15, 0.2) is 30.5 Å². The van der Waals surface area contributed by atoms with Crippen molar-refractivity contribution in [1.82, 2.24) is 20.6 Å². The van der Waals surface area contributed by atoms with Crippen molar-refractivity contribution >= 4 is 0 Å². The second-order valence-corrected chi connectivity index (χ2v) is 6.11. The van der Waals surface area contributed by atoms with Crippen LogP contribution in [-0.2, 0) is 13.1 Å². The lowest BCUT2D eigenvalue weighted by atomic mass is 10.1. The highest BCUT2D eigenvalue weighted by molar-refractivity contribution is 5.22. The van der Waals surface area contributed by atoms with E-state index in [4.69, 9.17) is 0 Å². The van der Waals surface area contributed by atoms with Crippen molar-refractivity contribution in [3.63, 3.8) is 0 Å². The molecule has 4 nitrogen and oxygen atoms in total. The van der Waals surface area contributed by atoms with E-state index >= 15 is 0 Å². The average molecular weight is 312 g/mol. The lowest BCUT2D eigenvalue weighted by molar-refractivity contribution is 0.575. The molecule has 0 unspecified atom stereocenters. The standard InChI is InChI=1S/C19H28N4/c1-15-11-16(2)19(22-12-15)14-21-10-5-4-9-20-13-18-8-6-7-17(3)23-18/h6-8,11-12,20-21H,4-5,9-10,13-14H2,1-3H3. The minimum absolute atomic E-state index is 0.849. The number of aryl methyl sites for hydroxylation is 3. The van der Waals surface area contributed by atoms with Crippen LogP contribution in [0.5, 0.6) is 0 Å². The molecule has 0 spiro atoms. The van der Waals surface area contributed by atoms with Gasteiger partial charge in [-0.2, -0.15) is 0 Å². The van der Waals surface area contributed by atoms with Crippen molar-refractivity contribution in [2.45, 2.75) is 46.7 Å². The Morgan fingerprint density at radius 1 is 0.957 bits per heavy atom. The summed E-state index contributed by atoms with van der Waals surface area (Å²) >= 11 is 0. The summed E-state index contributed by atoms with van der Waals surface area (Å²) in [4.78, 5) is 8.97. The predicted molar refractivity (Wildman–Crippen MR) is 95.3 cm³/mol. The fraction of sp³-hybridized carbons (Fsp3) is 0.474. The molecule has 0 saturated heterocycles. The van der Waals surface area contributed by atoms with Gasteiger partial charge in [0.15, 0.2) is 0 Å². The second-order valence-electron chi connectivity index (χ2n) is 6.11. The van der Waals surface area contributed by atoms with Gasteiger partial charge < -0.3 is 10.6 Å². The van der Waals surface area contributed by atoms with Gasteiger partial charge in [0, 0.05) is 25.0 Å². The van der Waals surface area contributed by atoms with Gasteiger partial charge in [0.2, 0.25) is 0 Å². The van der Waals surface area contributed by atoms with Crippen LogP contribution >= 0.6 is 0 Å². The Bertz CT molecular complexity index is 610. The third-order valence-electron chi connectivity index (χ3n) is 3.83. The minimum atomic E-state index is 0.849. The number of rotatable bonds is 9. The monoisotopic (exact) mass is 312 g/mol. The lowest BCUT2D eigenvalue weighted by Crippen LogP contribution is -2.19. The molecule has 0 aromatic carbocycles. The molecular formula is C19H28N4. The summed E-state index contributed by atoms with van der Waals surface area (Å²) in [5.41, 5.74) is 5.84. The van der Waals surface area contributed by atoms with Crippen molar-refractivity contribution in [2.75, 3.05) is 13.1 Å². The minimum Gasteiger partial charge on any atom is -0.311 e. The van der Waals surface area contributed by atoms with Gasteiger partial charge in [-0.25, -0.2) is 0 Å². The molecule has 0 aliphatic carbocycles. The number of aromatic nitrogens is 2. The van der Waals surface area contributed by atoms with E-state index in [1.165, 1.54) is 24.0 Å². The zero-order valence-electron chi connectivity index (χ0n) is 14.5. The molecule has 0 atom stereocenters. The highest BCUT2D eigenvalue weighted by Gasteiger charge is 1.99. The van der Waals surface area contributed by atoms with Crippen LogP contribution in [0.4, 0.5) is 0 Å². The molecule has 0 radical (unpaired) electrons. The molecule has 0 amide bonds. The van der Waals surface area contributed by atoms with Gasteiger partial charge in [-0.1, -0.05) is 12.1 Å². The van der Waals surface area contributed by atoms with Crippen molar-refractivity contribution in [2.24, 2.45) is 0 Å². The Morgan fingerprint density at radius 2 is 1.70 bits per heavy atom. The van der Waals surface area contributed by atoms with E-state index in [-0.39, 0.29) is 0 Å². The van der Waals surface area contributed by atoms with Gasteiger partial charge in [0.1, 0.15) is 0 Å². The van der Waals surface area contributed by atoms with Crippen LogP contribution in [0, 0.1) is 20.8 Å². The molecule has 0 fully saturated rings. The van der Waals surface area contributed by atoms with E-state index in [9.17, 15) is 0 Å². The van der Waals surface area contributed by atoms with E-state index in [0.29, 0.717) is 0 Å². The molecular weight excluding hydrogens is 284 g/mol. The molecule has 0 aliphatic rings. The molecule has 0 aliphatic heterocycles. The summed E-state index contributed by atoms with van der Waals surface area (Å²) in [6.45, 7) is 9.99. The van der Waals surface area contributed by atoms with E-state index in [1.54, 1.807) is 0 Å². The molecule has 124 valence electrons. The van der Waals surface area contributed by atoms with Crippen LogP contribution in [-0.4, -0.2) is 23.1 Å². The van der Waals surface area contributed by atoms with Crippen molar-refractivity contribution < 1.29 is 0 Å². The fourth-order valence-electron chi connectivity index (χ4n) is 2.55. The van der Waals surface area contributed by atoms with E-state index < -0.39 is 0 Å². The number of unbranched alkanes of at least 4 members (excludes halogenated alkanes) is 1. The second kappa shape index (κ2) is 9.38. The summed E-state index contributed by atoms with van der Waals surface area (Å²) in [7, 11) is 0. The molecule has 0 bridgehead atoms. The maximum Gasteiger partial charge on any atom is 0.0570 e. The first kappa shape index (κ1) is 17.6. The highest BCUT2D eigenvalue weighted by atomic mass is 14.9. The van der Waals surface area contributed by atoms with Gasteiger partial charge in [-0.15, -0.1) is 0 Å². The number of hydrogen-bond donors (Lipinski definition) is 2. The highest BCUT2D eigenvalue weighted by Crippen LogP contribution is 2.06. The molecule has 2 N–H and O–H groups in total. The van der Waals surface area contributed by atoms with Gasteiger partial charge in [-0.3, -0.25) is 9.97 Å². The zero-order valence-corrected chi connectivity index (χ0v) is 14.5. The summed E-state index contributed by atoms with van der Waals surface area (Å²) in [5, 5.41) is 6.93. The largest absolute Gasteiger partial charge is 0.311 e. The molecule has 0 saturated carbocycles. The van der Waals surface area contributed by atoms with Gasteiger partial charge in [-0.05, 0) is 70.0 Å². The van der Waals surface area contributed by atoms with E-state index in [2.05, 4.69) is 52.6 Å². The van der Waals surface area contributed by atoms with Gasteiger partial charge in [0.25, 0.3) is 0 Å². The Hall–Kier alpha value is -1.78. The first-order chi connectivity index (χ1) is 11.1. The third-order valence-corrected chi connectivity index (χ3v) is 3.83. The SMILES string of the molecule is Cc1cnc(CNCCCCNCc2cccc(C)n2)c(C)c1. The van der Waals surface area contributed by atoms with Crippen LogP contribution in [0.3, 0.4) is 0 Å². The van der Waals surface area contributed by atoms with E-state index in [0.717, 1.165) is 43.3 Å². The molecule has 2 heterocycles. The molecule has 2 aromatic rings. The molecule has 23 heavy (non-hydrogen) atoms. The Kier molecular flexibility index (Phi) is 7.17. The maximum atomic E-state index is 4.49. The van der Waals surface area contributed by atoms with Crippen LogP contribution in [0.1, 0.15) is 41.1 Å². The smallest absolute Gasteiger partial charge is 0.0570 e. The summed E-state index contributed by atoms with van der Waals surface area (Å²) in [6.07, 6.45) is 4.27. The Labute approximate surface area is 139 Å². The van der Waals surface area contributed by atoms with Crippen molar-refractivity contribution in [3.05, 3.63) is 58.7 Å². The predicted octanol–water partition coefficient (Wildman–Crippen LogP) is 3.06. The number of nitrogens with zero attached hydrogens (tertiary/aromatic N) is 2. The maximum absolute atomic E-state index is 4.49. The summed E-state index contributed by atoms with van der Waals surface area (Å²) < 4.78 is 0. The fourth-order valence-corrected chi connectivity index (χ4v) is 2.55. The van der Waals surface area contributed by atoms with E-state index in [1.807, 2.05) is 19.2 Å². The third kappa shape index (κ3) is 6.47. The van der Waals surface area contributed by atoms with Gasteiger partial charge in [0.05, 0.1) is 11.4 Å². The van der Waals surface area contributed by atoms with Crippen molar-refractivity contribution in [3.8, 4) is 0 Å². The summed E-state index contributed by atoms with van der Waals surface area (Å²) in [5.74, 6) is 0. The van der Waals surface area contributed by atoms with Crippen molar-refractivity contribution in [1.29, 1.82) is 0 Å². The molecule has 4 heteroatoms. The topological polar surface area (TPSA) is 49.8 Å². The number of hydrogen-bond acceptors (Lipinski definition) is 4. The summed E-state index contributed by atoms with van der Waals surface area (Å²) in [6, 6.07) is 8.34. The number of pyridine rings is 2. The first-order valence-corrected chi connectivity index (χ1v) is 8.41.